The highest BCUT2D eigenvalue weighted by Crippen LogP contribution is 2.37. The topological polar surface area (TPSA) is 78.5 Å². The molecule has 3 rings (SSSR count). The van der Waals surface area contributed by atoms with E-state index in [1.165, 1.54) is 0 Å². The van der Waals surface area contributed by atoms with Gasteiger partial charge in [0.15, 0.2) is 0 Å². The van der Waals surface area contributed by atoms with E-state index in [1.807, 2.05) is 5.32 Å². The summed E-state index contributed by atoms with van der Waals surface area (Å²) in [6, 6.07) is -1.63. The third-order valence-corrected chi connectivity index (χ3v) is 5.70. The smallest absolute Gasteiger partial charge is 0.318 e. The van der Waals surface area contributed by atoms with Crippen molar-refractivity contribution >= 4 is 17.8 Å². The number of rotatable bonds is 3. The van der Waals surface area contributed by atoms with Gasteiger partial charge in [0, 0.05) is 12.0 Å². The molecule has 0 aromatic heterocycles. The van der Waals surface area contributed by atoms with Gasteiger partial charge in [0.05, 0.1) is 0 Å². The quantitative estimate of drug-likeness (QED) is 0.745. The van der Waals surface area contributed by atoms with Crippen LogP contribution in [0.5, 0.6) is 0 Å². The van der Waals surface area contributed by atoms with Crippen LogP contribution in [-0.4, -0.2) is 40.6 Å². The number of imide groups is 1. The molecule has 6 nitrogen and oxygen atoms in total. The molecule has 0 aromatic carbocycles. The average Bonchev–Trinajstić information content (AvgIpc) is 2.87. The van der Waals surface area contributed by atoms with Gasteiger partial charge in [-0.3, -0.25) is 19.8 Å². The van der Waals surface area contributed by atoms with Crippen LogP contribution < -0.4 is 10.6 Å². The van der Waals surface area contributed by atoms with E-state index in [9.17, 15) is 27.6 Å². The first kappa shape index (κ1) is 19.0. The van der Waals surface area contributed by atoms with E-state index in [0.29, 0.717) is 30.6 Å². The first-order chi connectivity index (χ1) is 12.3. The second kappa shape index (κ2) is 7.08. The van der Waals surface area contributed by atoms with Crippen LogP contribution >= 0.6 is 0 Å². The minimum atomic E-state index is -5.12. The van der Waals surface area contributed by atoms with Crippen molar-refractivity contribution in [3.05, 3.63) is 0 Å². The maximum absolute atomic E-state index is 13.8. The molecular weight excluding hydrogens is 351 g/mol. The van der Waals surface area contributed by atoms with Crippen molar-refractivity contribution in [2.75, 3.05) is 0 Å². The Labute approximate surface area is 149 Å². The molecule has 2 saturated carbocycles. The van der Waals surface area contributed by atoms with Gasteiger partial charge in [-0.15, -0.1) is 0 Å². The molecule has 1 heterocycles. The molecular formula is C17H24F3N3O3. The number of hydrogen-bond acceptors (Lipinski definition) is 3. The number of carbonyl (C=O) groups excluding carboxylic acids is 3. The second-order valence-corrected chi connectivity index (χ2v) is 7.47. The van der Waals surface area contributed by atoms with Crippen molar-refractivity contribution in [2.45, 2.75) is 82.1 Å². The summed E-state index contributed by atoms with van der Waals surface area (Å²) in [6.45, 7) is 0. The number of urea groups is 1. The predicted octanol–water partition coefficient (Wildman–Crippen LogP) is 2.83. The largest absolute Gasteiger partial charge is 0.440 e. The molecule has 146 valence electrons. The molecule has 0 bridgehead atoms. The number of nitrogens with zero attached hydrogens (tertiary/aromatic N) is 1. The standard InChI is InChI=1S/C17H24F3N3O3/c18-17(19,20)16(21-13(24)11-7-3-1-4-8-11)14(25)23(15(26)22-16)12-9-5-2-6-10-12/h11-12H,1-10H2,(H,21,24)(H,22,26)/t16-/m0/s1. The lowest BCUT2D eigenvalue weighted by Crippen LogP contribution is -2.70. The summed E-state index contributed by atoms with van der Waals surface area (Å²) >= 11 is 0. The van der Waals surface area contributed by atoms with E-state index in [0.717, 1.165) is 38.5 Å². The lowest BCUT2D eigenvalue weighted by Gasteiger charge is -2.33. The summed E-state index contributed by atoms with van der Waals surface area (Å²) in [4.78, 5) is 38.0. The van der Waals surface area contributed by atoms with Gasteiger partial charge in [-0.1, -0.05) is 38.5 Å². The Balaban J connectivity index is 1.84. The van der Waals surface area contributed by atoms with Crippen molar-refractivity contribution in [1.29, 1.82) is 0 Å². The van der Waals surface area contributed by atoms with Gasteiger partial charge in [0.2, 0.25) is 5.91 Å². The zero-order chi connectivity index (χ0) is 18.9. The van der Waals surface area contributed by atoms with Gasteiger partial charge in [0.25, 0.3) is 11.6 Å². The first-order valence-corrected chi connectivity index (χ1v) is 9.31. The molecule has 2 N–H and O–H groups in total. The molecule has 3 aliphatic rings. The number of halogens is 3. The van der Waals surface area contributed by atoms with Gasteiger partial charge in [-0.25, -0.2) is 4.79 Å². The van der Waals surface area contributed by atoms with Gasteiger partial charge < -0.3 is 5.32 Å². The van der Waals surface area contributed by atoms with E-state index in [2.05, 4.69) is 0 Å². The van der Waals surface area contributed by atoms with Crippen molar-refractivity contribution in [1.82, 2.24) is 15.5 Å². The van der Waals surface area contributed by atoms with E-state index < -0.39 is 41.6 Å². The van der Waals surface area contributed by atoms with E-state index >= 15 is 0 Å². The fourth-order valence-corrected chi connectivity index (χ4v) is 4.22. The number of alkyl halides is 3. The van der Waals surface area contributed by atoms with Crippen LogP contribution in [0.1, 0.15) is 64.2 Å². The lowest BCUT2D eigenvalue weighted by atomic mass is 9.88. The zero-order valence-corrected chi connectivity index (χ0v) is 14.5. The molecule has 1 saturated heterocycles. The number of amides is 4. The molecule has 1 atom stereocenters. The molecule has 9 heteroatoms. The highest BCUT2D eigenvalue weighted by molar-refractivity contribution is 6.09. The summed E-state index contributed by atoms with van der Waals surface area (Å²) < 4.78 is 41.5. The predicted molar refractivity (Wildman–Crippen MR) is 85.8 cm³/mol. The molecule has 0 aromatic rings. The van der Waals surface area contributed by atoms with Crippen LogP contribution in [0.4, 0.5) is 18.0 Å². The molecule has 0 spiro atoms. The molecule has 3 fully saturated rings. The lowest BCUT2D eigenvalue weighted by molar-refractivity contribution is -0.205. The Morgan fingerprint density at radius 2 is 1.54 bits per heavy atom. The van der Waals surface area contributed by atoms with E-state index in [4.69, 9.17) is 0 Å². The number of nitrogens with one attached hydrogen (secondary N) is 2. The van der Waals surface area contributed by atoms with Crippen molar-refractivity contribution < 1.29 is 27.6 Å². The summed E-state index contributed by atoms with van der Waals surface area (Å²) in [5.74, 6) is -2.79. The molecule has 0 radical (unpaired) electrons. The Kier molecular flexibility index (Phi) is 5.16. The fourth-order valence-electron chi connectivity index (χ4n) is 4.22. The fraction of sp³-hybridized carbons (Fsp3) is 0.824. The maximum atomic E-state index is 13.8. The zero-order valence-electron chi connectivity index (χ0n) is 14.5. The van der Waals surface area contributed by atoms with Gasteiger partial charge >= 0.3 is 12.2 Å². The highest BCUT2D eigenvalue weighted by Gasteiger charge is 2.69. The van der Waals surface area contributed by atoms with Crippen LogP contribution in [0.25, 0.3) is 0 Å². The third-order valence-electron chi connectivity index (χ3n) is 5.70. The van der Waals surface area contributed by atoms with Gasteiger partial charge in [0.1, 0.15) is 0 Å². The van der Waals surface area contributed by atoms with Crippen LogP contribution in [0.3, 0.4) is 0 Å². The SMILES string of the molecule is O=C(N[C@]1(C(F)(F)F)NC(=O)N(C2CCCCC2)C1=O)C1CCCCC1. The van der Waals surface area contributed by atoms with Crippen LogP contribution in [0.15, 0.2) is 0 Å². The minimum Gasteiger partial charge on any atom is -0.318 e. The minimum absolute atomic E-state index is 0.490. The Hall–Kier alpha value is -1.80. The Morgan fingerprint density at radius 3 is 2.08 bits per heavy atom. The van der Waals surface area contributed by atoms with E-state index in [1.54, 1.807) is 5.32 Å². The second-order valence-electron chi connectivity index (χ2n) is 7.47. The molecule has 1 aliphatic heterocycles. The van der Waals surface area contributed by atoms with Crippen LogP contribution in [0.2, 0.25) is 0 Å². The van der Waals surface area contributed by atoms with Crippen LogP contribution in [0, 0.1) is 5.92 Å². The monoisotopic (exact) mass is 375 g/mol. The molecule has 0 unspecified atom stereocenters. The third kappa shape index (κ3) is 3.27. The summed E-state index contributed by atoms with van der Waals surface area (Å²) in [7, 11) is 0. The van der Waals surface area contributed by atoms with E-state index in [-0.39, 0.29) is 0 Å². The van der Waals surface area contributed by atoms with Crippen molar-refractivity contribution in [2.24, 2.45) is 5.92 Å². The number of hydrogen-bond donors (Lipinski definition) is 2. The van der Waals surface area contributed by atoms with Gasteiger partial charge in [-0.2, -0.15) is 13.2 Å². The van der Waals surface area contributed by atoms with Crippen molar-refractivity contribution in [3.63, 3.8) is 0 Å². The summed E-state index contributed by atoms with van der Waals surface area (Å²) in [6.07, 6.45) is 1.78. The molecule has 2 aliphatic carbocycles. The highest BCUT2D eigenvalue weighted by atomic mass is 19.4. The molecule has 4 amide bonds. The summed E-state index contributed by atoms with van der Waals surface area (Å²) in [5, 5.41) is 3.62. The summed E-state index contributed by atoms with van der Waals surface area (Å²) in [5.41, 5.74) is -3.35. The number of carbonyl (C=O) groups is 3. The average molecular weight is 375 g/mol. The first-order valence-electron chi connectivity index (χ1n) is 9.31. The Morgan fingerprint density at radius 1 is 1.00 bits per heavy atom. The normalized spacial score (nSPS) is 29.0. The van der Waals surface area contributed by atoms with Crippen LogP contribution in [-0.2, 0) is 9.59 Å². The van der Waals surface area contributed by atoms with Crippen molar-refractivity contribution in [3.8, 4) is 0 Å². The Bertz CT molecular complexity index is 584. The maximum Gasteiger partial charge on any atom is 0.440 e. The molecule has 26 heavy (non-hydrogen) atoms. The van der Waals surface area contributed by atoms with Gasteiger partial charge in [-0.05, 0) is 25.7 Å².